The minimum atomic E-state index is 0.0230. The summed E-state index contributed by atoms with van der Waals surface area (Å²) in [4.78, 5) is 12.0. The molecule has 0 heterocycles. The minimum absolute atomic E-state index is 0.0230. The molecule has 2 heteroatoms. The molecule has 0 N–H and O–H groups in total. The maximum atomic E-state index is 12.0. The average Bonchev–Trinajstić information content (AvgIpc) is 2.53. The van der Waals surface area contributed by atoms with Crippen molar-refractivity contribution >= 4 is 16.6 Å². The molecule has 0 aliphatic rings. The molecule has 21 heavy (non-hydrogen) atoms. The van der Waals surface area contributed by atoms with Gasteiger partial charge in [0.1, 0.15) is 12.4 Å². The van der Waals surface area contributed by atoms with Crippen LogP contribution in [0.4, 0.5) is 0 Å². The van der Waals surface area contributed by atoms with Gasteiger partial charge >= 0.3 is 0 Å². The fraction of sp³-hybridized carbons (Fsp3) is 0.105. The molecule has 3 aromatic rings. The molecule has 0 saturated heterocycles. The first kappa shape index (κ1) is 13.4. The number of ether oxygens (including phenoxy) is 1. The topological polar surface area (TPSA) is 26.3 Å². The van der Waals surface area contributed by atoms with E-state index in [2.05, 4.69) is 0 Å². The predicted octanol–water partition coefficient (Wildman–Crippen LogP) is 4.62. The molecule has 0 saturated carbocycles. The van der Waals surface area contributed by atoms with Crippen molar-refractivity contribution in [3.63, 3.8) is 0 Å². The van der Waals surface area contributed by atoms with E-state index in [1.165, 1.54) is 0 Å². The first-order valence-electron chi connectivity index (χ1n) is 6.95. The van der Waals surface area contributed by atoms with Gasteiger partial charge in [-0.15, -0.1) is 0 Å². The van der Waals surface area contributed by atoms with Gasteiger partial charge in [-0.3, -0.25) is 4.79 Å². The van der Waals surface area contributed by atoms with Crippen molar-refractivity contribution in [1.82, 2.24) is 0 Å². The molecule has 0 amide bonds. The lowest BCUT2D eigenvalue weighted by Crippen LogP contribution is -2.02. The van der Waals surface area contributed by atoms with Gasteiger partial charge in [-0.05, 0) is 29.3 Å². The third-order valence-electron chi connectivity index (χ3n) is 3.48. The van der Waals surface area contributed by atoms with E-state index < -0.39 is 0 Å². The fourth-order valence-corrected chi connectivity index (χ4v) is 2.47. The minimum Gasteiger partial charge on any atom is -0.488 e. The van der Waals surface area contributed by atoms with Crippen molar-refractivity contribution in [2.24, 2.45) is 0 Å². The summed E-state index contributed by atoms with van der Waals surface area (Å²) >= 11 is 0. The SMILES string of the molecule is CC(=O)c1c(OCc2ccccc2)ccc2ccccc12. The molecular formula is C19H16O2. The Morgan fingerprint density at radius 1 is 0.905 bits per heavy atom. The van der Waals surface area contributed by atoms with E-state index in [4.69, 9.17) is 4.74 Å². The molecule has 0 fully saturated rings. The highest BCUT2D eigenvalue weighted by molar-refractivity contribution is 6.09. The zero-order chi connectivity index (χ0) is 14.7. The molecule has 3 aromatic carbocycles. The Hall–Kier alpha value is -2.61. The monoisotopic (exact) mass is 276 g/mol. The van der Waals surface area contributed by atoms with Crippen LogP contribution in [-0.2, 0) is 6.61 Å². The molecule has 3 rings (SSSR count). The fourth-order valence-electron chi connectivity index (χ4n) is 2.47. The second-order valence-electron chi connectivity index (χ2n) is 4.99. The second kappa shape index (κ2) is 5.80. The molecule has 0 aromatic heterocycles. The quantitative estimate of drug-likeness (QED) is 0.650. The Bertz CT molecular complexity index is 776. The molecule has 2 nitrogen and oxygen atoms in total. The number of fused-ring (bicyclic) bond motifs is 1. The van der Waals surface area contributed by atoms with Gasteiger partial charge in [0.15, 0.2) is 5.78 Å². The molecule has 0 unspecified atom stereocenters. The smallest absolute Gasteiger partial charge is 0.164 e. The zero-order valence-electron chi connectivity index (χ0n) is 11.9. The molecule has 0 radical (unpaired) electrons. The van der Waals surface area contributed by atoms with Crippen LogP contribution in [0, 0.1) is 0 Å². The summed E-state index contributed by atoms with van der Waals surface area (Å²) in [6, 6.07) is 21.7. The van der Waals surface area contributed by atoms with E-state index in [-0.39, 0.29) is 5.78 Å². The lowest BCUT2D eigenvalue weighted by molar-refractivity contribution is 0.101. The van der Waals surface area contributed by atoms with Crippen molar-refractivity contribution in [2.45, 2.75) is 13.5 Å². The number of benzene rings is 3. The Kier molecular flexibility index (Phi) is 3.69. The molecule has 0 bridgehead atoms. The van der Waals surface area contributed by atoms with E-state index in [0.717, 1.165) is 16.3 Å². The Morgan fingerprint density at radius 3 is 2.38 bits per heavy atom. The Morgan fingerprint density at radius 2 is 1.62 bits per heavy atom. The van der Waals surface area contributed by atoms with Crippen LogP contribution in [-0.4, -0.2) is 5.78 Å². The third kappa shape index (κ3) is 2.79. The normalized spacial score (nSPS) is 10.5. The first-order chi connectivity index (χ1) is 10.3. The summed E-state index contributed by atoms with van der Waals surface area (Å²) in [6.45, 7) is 2.04. The maximum absolute atomic E-state index is 12.0. The van der Waals surface area contributed by atoms with Gasteiger partial charge in [0.2, 0.25) is 0 Å². The van der Waals surface area contributed by atoms with Crippen LogP contribution >= 0.6 is 0 Å². The second-order valence-corrected chi connectivity index (χ2v) is 4.99. The highest BCUT2D eigenvalue weighted by Gasteiger charge is 2.13. The van der Waals surface area contributed by atoms with E-state index in [1.54, 1.807) is 6.92 Å². The Labute approximate surface area is 124 Å². The van der Waals surface area contributed by atoms with Crippen LogP contribution in [0.2, 0.25) is 0 Å². The molecule has 0 spiro atoms. The number of rotatable bonds is 4. The number of carbonyl (C=O) groups is 1. The van der Waals surface area contributed by atoms with Gasteiger partial charge in [0.05, 0.1) is 5.56 Å². The summed E-state index contributed by atoms with van der Waals surface area (Å²) in [6.07, 6.45) is 0. The van der Waals surface area contributed by atoms with Crippen molar-refractivity contribution in [1.29, 1.82) is 0 Å². The predicted molar refractivity (Wildman–Crippen MR) is 84.7 cm³/mol. The van der Waals surface area contributed by atoms with Gasteiger partial charge in [0, 0.05) is 0 Å². The van der Waals surface area contributed by atoms with Crippen LogP contribution in [0.5, 0.6) is 5.75 Å². The number of carbonyl (C=O) groups excluding carboxylic acids is 1. The number of ketones is 1. The van der Waals surface area contributed by atoms with Crippen LogP contribution in [0.15, 0.2) is 66.7 Å². The van der Waals surface area contributed by atoms with Gasteiger partial charge < -0.3 is 4.74 Å². The molecule has 0 aliphatic heterocycles. The number of Topliss-reactive ketones (excluding diaryl/α,β-unsaturated/α-hetero) is 1. The van der Waals surface area contributed by atoms with Gasteiger partial charge in [-0.2, -0.15) is 0 Å². The summed E-state index contributed by atoms with van der Waals surface area (Å²) in [7, 11) is 0. The highest BCUT2D eigenvalue weighted by atomic mass is 16.5. The third-order valence-corrected chi connectivity index (χ3v) is 3.48. The zero-order valence-corrected chi connectivity index (χ0v) is 11.9. The summed E-state index contributed by atoms with van der Waals surface area (Å²) in [5, 5.41) is 1.99. The molecule has 104 valence electrons. The van der Waals surface area contributed by atoms with E-state index in [1.807, 2.05) is 66.7 Å². The van der Waals surface area contributed by atoms with Crippen molar-refractivity contribution in [2.75, 3.05) is 0 Å². The first-order valence-corrected chi connectivity index (χ1v) is 6.95. The Balaban J connectivity index is 1.98. The largest absolute Gasteiger partial charge is 0.488 e. The van der Waals surface area contributed by atoms with Crippen LogP contribution in [0.25, 0.3) is 10.8 Å². The van der Waals surface area contributed by atoms with Gasteiger partial charge in [0.25, 0.3) is 0 Å². The van der Waals surface area contributed by atoms with Crippen molar-refractivity contribution in [3.8, 4) is 5.75 Å². The molecule has 0 atom stereocenters. The molecular weight excluding hydrogens is 260 g/mol. The van der Waals surface area contributed by atoms with E-state index >= 15 is 0 Å². The summed E-state index contributed by atoms with van der Waals surface area (Å²) in [5.41, 5.74) is 1.74. The molecule has 0 aliphatic carbocycles. The maximum Gasteiger partial charge on any atom is 0.164 e. The number of hydrogen-bond acceptors (Lipinski definition) is 2. The van der Waals surface area contributed by atoms with Crippen molar-refractivity contribution < 1.29 is 9.53 Å². The van der Waals surface area contributed by atoms with Gasteiger partial charge in [-0.1, -0.05) is 60.7 Å². The highest BCUT2D eigenvalue weighted by Crippen LogP contribution is 2.29. The van der Waals surface area contributed by atoms with Gasteiger partial charge in [-0.25, -0.2) is 0 Å². The summed E-state index contributed by atoms with van der Waals surface area (Å²) in [5.74, 6) is 0.667. The van der Waals surface area contributed by atoms with Crippen LogP contribution in [0.1, 0.15) is 22.8 Å². The lowest BCUT2D eigenvalue weighted by atomic mass is 10.0. The lowest BCUT2D eigenvalue weighted by Gasteiger charge is -2.12. The van der Waals surface area contributed by atoms with Crippen LogP contribution < -0.4 is 4.74 Å². The standard InChI is InChI=1S/C19H16O2/c1-14(20)19-17-10-6-5-9-16(17)11-12-18(19)21-13-15-7-3-2-4-8-15/h2-12H,13H2,1H3. The number of hydrogen-bond donors (Lipinski definition) is 0. The van der Waals surface area contributed by atoms with Crippen molar-refractivity contribution in [3.05, 3.63) is 77.9 Å². The van der Waals surface area contributed by atoms with E-state index in [0.29, 0.717) is 17.9 Å². The van der Waals surface area contributed by atoms with E-state index in [9.17, 15) is 4.79 Å². The summed E-state index contributed by atoms with van der Waals surface area (Å²) < 4.78 is 5.87. The average molecular weight is 276 g/mol. The van der Waals surface area contributed by atoms with Crippen LogP contribution in [0.3, 0.4) is 0 Å².